The van der Waals surface area contributed by atoms with Gasteiger partial charge in [-0.1, -0.05) is 52.7 Å². The molecule has 32 heavy (non-hydrogen) atoms. The molecular weight excluding hydrogens is 396 g/mol. The highest BCUT2D eigenvalue weighted by Gasteiger charge is 2.59. The summed E-state index contributed by atoms with van der Waals surface area (Å²) >= 11 is 0. The van der Waals surface area contributed by atoms with Gasteiger partial charge in [0, 0.05) is 6.42 Å². The van der Waals surface area contributed by atoms with Crippen LogP contribution < -0.4 is 11.7 Å². The maximum absolute atomic E-state index is 9.02. The van der Waals surface area contributed by atoms with Gasteiger partial charge in [0.1, 0.15) is 0 Å². The topological polar surface area (TPSA) is 92.5 Å². The number of rotatable bonds is 4. The molecule has 186 valence electrons. The third-order valence-electron chi connectivity index (χ3n) is 9.69. The van der Waals surface area contributed by atoms with Crippen molar-refractivity contribution in [1.29, 1.82) is 0 Å². The van der Waals surface area contributed by atoms with Crippen LogP contribution in [0.2, 0.25) is 0 Å². The number of hydrogen-bond acceptors (Lipinski definition) is 4. The van der Waals surface area contributed by atoms with Crippen LogP contribution in [-0.2, 0) is 0 Å². The van der Waals surface area contributed by atoms with Crippen LogP contribution in [0.15, 0.2) is 12.2 Å². The number of hydrogen-bond donors (Lipinski definition) is 4. The second-order valence-corrected chi connectivity index (χ2v) is 10.6. The van der Waals surface area contributed by atoms with Crippen LogP contribution in [0.4, 0.5) is 0 Å². The molecule has 4 nitrogen and oxygen atoms in total. The molecule has 0 radical (unpaired) electrons. The van der Waals surface area contributed by atoms with E-state index in [1.807, 2.05) is 13.8 Å². The van der Waals surface area contributed by atoms with Gasteiger partial charge in [-0.2, -0.15) is 0 Å². The van der Waals surface area contributed by atoms with E-state index >= 15 is 0 Å². The Morgan fingerprint density at radius 3 is 2.16 bits per heavy atom. The zero-order chi connectivity index (χ0) is 24.4. The molecule has 0 bridgehead atoms. The molecular formula is C28H52N2O2. The normalized spacial score (nSPS) is 39.8. The smallest absolute Gasteiger partial charge is 0.151 e. The summed E-state index contributed by atoms with van der Waals surface area (Å²) in [6.45, 7) is 9.31. The Bertz CT molecular complexity index is 575. The Morgan fingerprint density at radius 2 is 1.50 bits per heavy atom. The fourth-order valence-corrected chi connectivity index (χ4v) is 8.06. The van der Waals surface area contributed by atoms with E-state index in [4.69, 9.17) is 10.2 Å². The number of nitrogens with two attached hydrogens (primary N) is 2. The summed E-state index contributed by atoms with van der Waals surface area (Å²) in [6.07, 6.45) is 27.3. The number of terminal acetylenes is 1. The minimum Gasteiger partial charge on any atom is -0.368 e. The van der Waals surface area contributed by atoms with Gasteiger partial charge in [-0.15, -0.1) is 12.8 Å². The van der Waals surface area contributed by atoms with Crippen molar-refractivity contribution >= 4 is 0 Å². The van der Waals surface area contributed by atoms with E-state index in [1.165, 1.54) is 64.2 Å². The molecule has 4 rings (SSSR count). The number of aliphatic hydroxyl groups is 2. The van der Waals surface area contributed by atoms with Gasteiger partial charge < -0.3 is 10.2 Å². The van der Waals surface area contributed by atoms with Crippen molar-refractivity contribution in [3.8, 4) is 12.8 Å². The number of allylic oxidation sites excluding steroid dienone is 2. The van der Waals surface area contributed by atoms with Crippen LogP contribution >= 0.6 is 0 Å². The summed E-state index contributed by atoms with van der Waals surface area (Å²) in [5, 5.41) is 18.0. The Morgan fingerprint density at radius 1 is 0.875 bits per heavy atom. The molecule has 0 amide bonds. The highest BCUT2D eigenvalue weighted by Crippen LogP contribution is 2.68. The van der Waals surface area contributed by atoms with Crippen LogP contribution in [-0.4, -0.2) is 16.5 Å². The molecule has 0 aliphatic heterocycles. The molecule has 0 aromatic carbocycles. The largest absolute Gasteiger partial charge is 0.368 e. The average Bonchev–Trinajstić information content (AvgIpc) is 3.24. The zero-order valence-electron chi connectivity index (χ0n) is 21.3. The fourth-order valence-electron chi connectivity index (χ4n) is 8.06. The lowest BCUT2D eigenvalue weighted by Crippen LogP contribution is -2.55. The molecule has 0 spiro atoms. The van der Waals surface area contributed by atoms with E-state index in [-0.39, 0.29) is 0 Å². The summed E-state index contributed by atoms with van der Waals surface area (Å²) in [7, 11) is 0. The number of hydrazine groups is 1. The Labute approximate surface area is 198 Å². The summed E-state index contributed by atoms with van der Waals surface area (Å²) in [6, 6.07) is 0. The van der Waals surface area contributed by atoms with Gasteiger partial charge in [-0.25, -0.2) is 0 Å². The lowest BCUT2D eigenvalue weighted by Gasteiger charge is -2.63. The maximum atomic E-state index is 9.02. The second kappa shape index (κ2) is 13.8. The molecule has 0 saturated heterocycles. The maximum Gasteiger partial charge on any atom is 0.151 e. The lowest BCUT2D eigenvalue weighted by molar-refractivity contribution is -0.136. The molecule has 4 aliphatic carbocycles. The first kappa shape index (κ1) is 29.2. The molecule has 0 aromatic rings. The highest BCUT2D eigenvalue weighted by atomic mass is 16.5. The lowest BCUT2D eigenvalue weighted by atomic mass is 9.42. The highest BCUT2D eigenvalue weighted by molar-refractivity contribution is 5.10. The van der Waals surface area contributed by atoms with Crippen LogP contribution in [0, 0.1) is 53.3 Å². The fraction of sp³-hybridized carbons (Fsp3) is 0.857. The summed E-state index contributed by atoms with van der Waals surface area (Å²) < 4.78 is 0. The third-order valence-corrected chi connectivity index (χ3v) is 9.69. The van der Waals surface area contributed by atoms with Gasteiger partial charge in [0.25, 0.3) is 0 Å². The Kier molecular flexibility index (Phi) is 12.5. The molecule has 4 saturated carbocycles. The average molecular weight is 449 g/mol. The standard InChI is InChI=1S/C24H40O2.C2H6.C2H2.H4N2/c1-23-14-5-6-15-24(23,2)21-12-11-18-17(7-3-4-8-22(25)26)9-10-19(18)20(21)13-16-23;3*1-2/h3,7,17-22,25-26H,4-6,8-16H2,1-2H3;1-2H3;1-2H;1-2H2/b7-3-;;;/t17?,18-,19?,20?,21?,23-,24?;;;/m0.../s1. The van der Waals surface area contributed by atoms with Gasteiger partial charge in [-0.3, -0.25) is 11.7 Å². The van der Waals surface area contributed by atoms with Crippen LogP contribution in [0.5, 0.6) is 0 Å². The first-order valence-electron chi connectivity index (χ1n) is 13.1. The van der Waals surface area contributed by atoms with E-state index < -0.39 is 6.29 Å². The van der Waals surface area contributed by atoms with E-state index in [2.05, 4.69) is 50.5 Å². The molecule has 7 atom stereocenters. The van der Waals surface area contributed by atoms with Gasteiger partial charge in [0.05, 0.1) is 0 Å². The Balaban J connectivity index is 0.000000789. The molecule has 4 fully saturated rings. The van der Waals surface area contributed by atoms with Crippen molar-refractivity contribution in [2.24, 2.45) is 52.1 Å². The minimum absolute atomic E-state index is 0.471. The first-order chi connectivity index (χ1) is 15.4. The van der Waals surface area contributed by atoms with Gasteiger partial charge in [0.2, 0.25) is 0 Å². The molecule has 4 heteroatoms. The van der Waals surface area contributed by atoms with Gasteiger partial charge in [0.15, 0.2) is 6.29 Å². The Hall–Kier alpha value is -0.860. The first-order valence-corrected chi connectivity index (χ1v) is 13.1. The summed E-state index contributed by atoms with van der Waals surface area (Å²) in [5.74, 6) is 12.6. The molecule has 6 N–H and O–H groups in total. The number of fused-ring (bicyclic) bond motifs is 5. The van der Waals surface area contributed by atoms with E-state index in [0.29, 0.717) is 17.3 Å². The second-order valence-electron chi connectivity index (χ2n) is 10.6. The molecule has 0 heterocycles. The van der Waals surface area contributed by atoms with Crippen molar-refractivity contribution in [2.45, 2.75) is 111 Å². The zero-order valence-corrected chi connectivity index (χ0v) is 21.3. The van der Waals surface area contributed by atoms with Gasteiger partial charge in [-0.05, 0) is 98.2 Å². The van der Waals surface area contributed by atoms with E-state index in [1.54, 1.807) is 0 Å². The van der Waals surface area contributed by atoms with Crippen LogP contribution in [0.1, 0.15) is 105 Å². The van der Waals surface area contributed by atoms with Crippen molar-refractivity contribution in [1.82, 2.24) is 0 Å². The summed E-state index contributed by atoms with van der Waals surface area (Å²) in [4.78, 5) is 0. The van der Waals surface area contributed by atoms with E-state index in [9.17, 15) is 0 Å². The predicted molar refractivity (Wildman–Crippen MR) is 136 cm³/mol. The quantitative estimate of drug-likeness (QED) is 0.144. The number of aliphatic hydroxyl groups excluding tert-OH is 1. The summed E-state index contributed by atoms with van der Waals surface area (Å²) in [5.41, 5.74) is 1.21. The van der Waals surface area contributed by atoms with Crippen molar-refractivity contribution in [3.05, 3.63) is 12.2 Å². The third kappa shape index (κ3) is 5.98. The van der Waals surface area contributed by atoms with Crippen molar-refractivity contribution in [3.63, 3.8) is 0 Å². The molecule has 0 aromatic heterocycles. The predicted octanol–water partition coefficient (Wildman–Crippen LogP) is 5.78. The van der Waals surface area contributed by atoms with Crippen LogP contribution in [0.3, 0.4) is 0 Å². The SMILES string of the molecule is C#C.CC.CC12CCCC[C@@]1(C)CCC1C3CCC(/C=C\CCC(O)O)[C@@H]3CCC12.NN. The van der Waals surface area contributed by atoms with Crippen molar-refractivity contribution in [2.75, 3.05) is 0 Å². The van der Waals surface area contributed by atoms with E-state index in [0.717, 1.165) is 36.0 Å². The molecule has 4 aliphatic rings. The van der Waals surface area contributed by atoms with Gasteiger partial charge >= 0.3 is 0 Å². The van der Waals surface area contributed by atoms with Crippen molar-refractivity contribution < 1.29 is 10.2 Å². The molecule has 5 unspecified atom stereocenters. The van der Waals surface area contributed by atoms with Crippen LogP contribution in [0.25, 0.3) is 0 Å². The monoisotopic (exact) mass is 448 g/mol. The minimum atomic E-state index is -1.15.